The zero-order valence-corrected chi connectivity index (χ0v) is 10.6. The van der Waals surface area contributed by atoms with Gasteiger partial charge in [-0.05, 0) is 42.3 Å². The Balaban J connectivity index is 2.32. The van der Waals surface area contributed by atoms with Gasteiger partial charge in [-0.15, -0.1) is 0 Å². The van der Waals surface area contributed by atoms with Gasteiger partial charge >= 0.3 is 5.97 Å². The number of benzene rings is 1. The van der Waals surface area contributed by atoms with Crippen LogP contribution in [-0.2, 0) is 4.74 Å². The Morgan fingerprint density at radius 3 is 2.61 bits per heavy atom. The van der Waals surface area contributed by atoms with Gasteiger partial charge in [-0.3, -0.25) is 0 Å². The third-order valence-corrected chi connectivity index (χ3v) is 2.67. The van der Waals surface area contributed by atoms with Gasteiger partial charge in [-0.25, -0.2) is 9.78 Å². The van der Waals surface area contributed by atoms with Crippen molar-refractivity contribution in [2.75, 3.05) is 6.61 Å². The number of carbonyl (C=O) groups is 1. The number of ether oxygens (including phenoxy) is 1. The normalized spacial score (nSPS) is 10.1. The van der Waals surface area contributed by atoms with E-state index in [0.717, 1.165) is 11.1 Å². The van der Waals surface area contributed by atoms with Crippen molar-refractivity contribution in [1.82, 2.24) is 4.98 Å². The molecule has 4 heteroatoms. The summed E-state index contributed by atoms with van der Waals surface area (Å²) in [6, 6.07) is 11.0. The molecule has 0 aliphatic rings. The maximum absolute atomic E-state index is 11.6. The van der Waals surface area contributed by atoms with Gasteiger partial charge in [0.25, 0.3) is 0 Å². The predicted octanol–water partition coefficient (Wildman–Crippen LogP) is 3.58. The van der Waals surface area contributed by atoms with Crippen LogP contribution in [0.15, 0.2) is 42.6 Å². The number of hydrogen-bond donors (Lipinski definition) is 0. The van der Waals surface area contributed by atoms with Crippen molar-refractivity contribution >= 4 is 17.6 Å². The largest absolute Gasteiger partial charge is 0.461 e. The zero-order valence-electron chi connectivity index (χ0n) is 9.89. The topological polar surface area (TPSA) is 39.2 Å². The van der Waals surface area contributed by atoms with Crippen molar-refractivity contribution in [2.45, 2.75) is 6.92 Å². The molecule has 92 valence electrons. The molecular weight excluding hydrogens is 250 g/mol. The van der Waals surface area contributed by atoms with Gasteiger partial charge < -0.3 is 4.74 Å². The van der Waals surface area contributed by atoms with Gasteiger partial charge in [0.05, 0.1) is 6.61 Å². The van der Waals surface area contributed by atoms with Crippen molar-refractivity contribution in [3.63, 3.8) is 0 Å². The predicted molar refractivity (Wildman–Crippen MR) is 70.6 cm³/mol. The molecule has 2 aromatic rings. The van der Waals surface area contributed by atoms with Crippen LogP contribution < -0.4 is 0 Å². The lowest BCUT2D eigenvalue weighted by Crippen LogP contribution is -2.06. The Bertz CT molecular complexity index is 552. The average Bonchev–Trinajstić information content (AvgIpc) is 2.40. The van der Waals surface area contributed by atoms with Crippen LogP contribution in [0.1, 0.15) is 17.4 Å². The van der Waals surface area contributed by atoms with Crippen LogP contribution in [0.3, 0.4) is 0 Å². The van der Waals surface area contributed by atoms with E-state index in [9.17, 15) is 4.79 Å². The summed E-state index contributed by atoms with van der Waals surface area (Å²) in [5.41, 5.74) is 2.20. The molecule has 0 saturated carbocycles. The van der Waals surface area contributed by atoms with E-state index in [4.69, 9.17) is 16.3 Å². The highest BCUT2D eigenvalue weighted by atomic mass is 35.5. The van der Waals surface area contributed by atoms with Crippen LogP contribution in [0.2, 0.25) is 5.02 Å². The Labute approximate surface area is 110 Å². The molecule has 0 N–H and O–H groups in total. The lowest BCUT2D eigenvalue weighted by Gasteiger charge is -2.04. The summed E-state index contributed by atoms with van der Waals surface area (Å²) < 4.78 is 4.92. The molecule has 0 radical (unpaired) electrons. The van der Waals surface area contributed by atoms with Gasteiger partial charge in [0.15, 0.2) is 0 Å². The molecule has 0 atom stereocenters. The van der Waals surface area contributed by atoms with Crippen LogP contribution >= 0.6 is 11.6 Å². The first kappa shape index (κ1) is 12.6. The quantitative estimate of drug-likeness (QED) is 0.793. The van der Waals surface area contributed by atoms with Crippen molar-refractivity contribution in [1.29, 1.82) is 0 Å². The Hall–Kier alpha value is -1.87. The minimum absolute atomic E-state index is 0.310. The maximum Gasteiger partial charge on any atom is 0.356 e. The highest BCUT2D eigenvalue weighted by Crippen LogP contribution is 2.21. The molecule has 18 heavy (non-hydrogen) atoms. The molecule has 0 aliphatic carbocycles. The number of carbonyl (C=O) groups excluding carboxylic acids is 1. The molecule has 0 bridgehead atoms. The van der Waals surface area contributed by atoms with E-state index < -0.39 is 5.97 Å². The number of rotatable bonds is 3. The van der Waals surface area contributed by atoms with E-state index in [0.29, 0.717) is 17.3 Å². The lowest BCUT2D eigenvalue weighted by atomic mass is 10.1. The molecule has 0 saturated heterocycles. The lowest BCUT2D eigenvalue weighted by molar-refractivity contribution is 0.0519. The minimum Gasteiger partial charge on any atom is -0.461 e. The van der Waals surface area contributed by atoms with Crippen molar-refractivity contribution in [2.24, 2.45) is 0 Å². The smallest absolute Gasteiger partial charge is 0.356 e. The molecule has 2 rings (SSSR count). The van der Waals surface area contributed by atoms with E-state index in [1.165, 1.54) is 0 Å². The number of esters is 1. The molecular formula is C14H12ClNO2. The fraction of sp³-hybridized carbons (Fsp3) is 0.143. The van der Waals surface area contributed by atoms with E-state index >= 15 is 0 Å². The summed E-state index contributed by atoms with van der Waals surface area (Å²) in [6.45, 7) is 2.10. The molecule has 0 unspecified atom stereocenters. The number of aromatic nitrogens is 1. The second-order valence-electron chi connectivity index (χ2n) is 3.66. The molecule has 0 amide bonds. The molecule has 0 spiro atoms. The Morgan fingerprint density at radius 2 is 1.94 bits per heavy atom. The number of halogens is 1. The van der Waals surface area contributed by atoms with Crippen LogP contribution in [-0.4, -0.2) is 17.6 Å². The van der Waals surface area contributed by atoms with Crippen LogP contribution in [0, 0.1) is 0 Å². The maximum atomic E-state index is 11.6. The number of hydrogen-bond acceptors (Lipinski definition) is 3. The van der Waals surface area contributed by atoms with Crippen molar-refractivity contribution in [3.05, 3.63) is 53.3 Å². The second kappa shape index (κ2) is 5.65. The fourth-order valence-corrected chi connectivity index (χ4v) is 1.70. The first-order chi connectivity index (χ1) is 8.70. The third kappa shape index (κ3) is 2.87. The van der Waals surface area contributed by atoms with Gasteiger partial charge in [0.2, 0.25) is 0 Å². The Morgan fingerprint density at radius 1 is 1.22 bits per heavy atom. The highest BCUT2D eigenvalue weighted by molar-refractivity contribution is 6.30. The Kier molecular flexibility index (Phi) is 3.95. The summed E-state index contributed by atoms with van der Waals surface area (Å²) in [7, 11) is 0. The molecule has 0 fully saturated rings. The number of nitrogens with zero attached hydrogens (tertiary/aromatic N) is 1. The first-order valence-corrected chi connectivity index (χ1v) is 5.97. The monoisotopic (exact) mass is 261 g/mol. The fourth-order valence-electron chi connectivity index (χ4n) is 1.57. The van der Waals surface area contributed by atoms with E-state index in [1.807, 2.05) is 18.2 Å². The highest BCUT2D eigenvalue weighted by Gasteiger charge is 2.09. The third-order valence-electron chi connectivity index (χ3n) is 2.42. The molecule has 3 nitrogen and oxygen atoms in total. The van der Waals surface area contributed by atoms with Crippen LogP contribution in [0.5, 0.6) is 0 Å². The van der Waals surface area contributed by atoms with E-state index in [2.05, 4.69) is 4.98 Å². The molecule has 1 aromatic carbocycles. The molecule has 1 heterocycles. The first-order valence-electron chi connectivity index (χ1n) is 5.60. The van der Waals surface area contributed by atoms with E-state index in [1.54, 1.807) is 31.3 Å². The molecule has 0 aliphatic heterocycles. The summed E-state index contributed by atoms with van der Waals surface area (Å²) in [5.74, 6) is -0.409. The average molecular weight is 262 g/mol. The van der Waals surface area contributed by atoms with Crippen LogP contribution in [0.4, 0.5) is 0 Å². The minimum atomic E-state index is -0.409. The molecule has 1 aromatic heterocycles. The van der Waals surface area contributed by atoms with Gasteiger partial charge in [-0.2, -0.15) is 0 Å². The second-order valence-corrected chi connectivity index (χ2v) is 4.09. The summed E-state index contributed by atoms with van der Waals surface area (Å²) in [5, 5.41) is 0.679. The van der Waals surface area contributed by atoms with E-state index in [-0.39, 0.29) is 0 Å². The standard InChI is InChI=1S/C14H12ClNO2/c1-2-18-14(17)13-9-11(7-8-16-13)10-3-5-12(15)6-4-10/h3-9H,2H2,1H3. The SMILES string of the molecule is CCOC(=O)c1cc(-c2ccc(Cl)cc2)ccn1. The number of pyridine rings is 1. The summed E-state index contributed by atoms with van der Waals surface area (Å²) in [6.07, 6.45) is 1.59. The van der Waals surface area contributed by atoms with Crippen molar-refractivity contribution in [3.8, 4) is 11.1 Å². The van der Waals surface area contributed by atoms with Crippen LogP contribution in [0.25, 0.3) is 11.1 Å². The van der Waals surface area contributed by atoms with Gasteiger partial charge in [-0.1, -0.05) is 23.7 Å². The summed E-state index contributed by atoms with van der Waals surface area (Å²) >= 11 is 5.84. The van der Waals surface area contributed by atoms with Crippen molar-refractivity contribution < 1.29 is 9.53 Å². The summed E-state index contributed by atoms with van der Waals surface area (Å²) in [4.78, 5) is 15.6. The van der Waals surface area contributed by atoms with Gasteiger partial charge in [0, 0.05) is 11.2 Å². The zero-order chi connectivity index (χ0) is 13.0. The van der Waals surface area contributed by atoms with Gasteiger partial charge in [0.1, 0.15) is 5.69 Å².